The Hall–Kier alpha value is -2.32. The highest BCUT2D eigenvalue weighted by Gasteiger charge is 2.52. The van der Waals surface area contributed by atoms with Crippen LogP contribution in [-0.2, 0) is 16.1 Å². The smallest absolute Gasteiger partial charge is 0.268 e. The second-order valence-electron chi connectivity index (χ2n) is 5.98. The Bertz CT molecular complexity index is 877. The molecule has 2 aromatic rings. The number of carbonyl (C=O) groups excluding carboxylic acids is 2. The molecule has 0 aliphatic carbocycles. The van der Waals surface area contributed by atoms with Gasteiger partial charge in [0.15, 0.2) is 0 Å². The van der Waals surface area contributed by atoms with Gasteiger partial charge in [-0.25, -0.2) is 8.78 Å². The average Bonchev–Trinajstić information content (AvgIpc) is 2.90. The van der Waals surface area contributed by atoms with E-state index in [1.54, 1.807) is 18.2 Å². The second kappa shape index (κ2) is 7.13. The van der Waals surface area contributed by atoms with E-state index < -0.39 is 29.0 Å². The molecule has 2 N–H and O–H groups in total. The van der Waals surface area contributed by atoms with Crippen LogP contribution < -0.4 is 10.2 Å². The van der Waals surface area contributed by atoms with E-state index in [2.05, 4.69) is 21.2 Å². The predicted molar refractivity (Wildman–Crippen MR) is 94.3 cm³/mol. The van der Waals surface area contributed by atoms with Gasteiger partial charge in [0.25, 0.3) is 11.8 Å². The second-order valence-corrected chi connectivity index (χ2v) is 6.89. The minimum atomic E-state index is -2.28. The number of nitrogens with one attached hydrogen (secondary N) is 1. The Balaban J connectivity index is 1.73. The van der Waals surface area contributed by atoms with Gasteiger partial charge in [0, 0.05) is 30.0 Å². The fourth-order valence-electron chi connectivity index (χ4n) is 2.82. The first-order valence-electron chi connectivity index (χ1n) is 7.83. The minimum absolute atomic E-state index is 0.0534. The third kappa shape index (κ3) is 3.47. The number of amides is 2. The first kappa shape index (κ1) is 18.5. The molecule has 1 atom stereocenters. The van der Waals surface area contributed by atoms with E-state index >= 15 is 0 Å². The molecule has 2 aromatic carbocycles. The number of rotatable bonds is 4. The van der Waals surface area contributed by atoms with Crippen LogP contribution in [0.25, 0.3) is 0 Å². The first-order chi connectivity index (χ1) is 12.3. The largest absolute Gasteiger partial charge is 0.372 e. The first-order valence-corrected chi connectivity index (χ1v) is 8.63. The molecule has 136 valence electrons. The van der Waals surface area contributed by atoms with Gasteiger partial charge in [-0.1, -0.05) is 28.1 Å². The molecule has 1 aliphatic heterocycles. The molecule has 1 heterocycles. The molecule has 1 aliphatic rings. The van der Waals surface area contributed by atoms with Gasteiger partial charge in [-0.2, -0.15) is 0 Å². The summed E-state index contributed by atoms with van der Waals surface area (Å²) in [5.74, 6) is -3.50. The fourth-order valence-corrected chi connectivity index (χ4v) is 3.27. The number of halogens is 3. The van der Waals surface area contributed by atoms with Crippen LogP contribution in [-0.4, -0.2) is 29.1 Å². The van der Waals surface area contributed by atoms with Crippen LogP contribution in [0.1, 0.15) is 12.0 Å². The highest BCUT2D eigenvalue weighted by Crippen LogP contribution is 2.30. The number of benzene rings is 2. The van der Waals surface area contributed by atoms with Crippen LogP contribution in [0, 0.1) is 11.6 Å². The van der Waals surface area contributed by atoms with Gasteiger partial charge in [0.2, 0.25) is 5.60 Å². The maximum atomic E-state index is 13.9. The van der Waals surface area contributed by atoms with E-state index in [-0.39, 0.29) is 25.2 Å². The topological polar surface area (TPSA) is 69.6 Å². The summed E-state index contributed by atoms with van der Waals surface area (Å²) in [6.45, 7) is 0.0704. The summed E-state index contributed by atoms with van der Waals surface area (Å²) < 4.78 is 27.8. The monoisotopic (exact) mass is 424 g/mol. The van der Waals surface area contributed by atoms with Gasteiger partial charge in [0.05, 0.1) is 5.69 Å². The van der Waals surface area contributed by atoms with E-state index in [1.807, 2.05) is 6.07 Å². The van der Waals surface area contributed by atoms with Crippen LogP contribution in [0.4, 0.5) is 14.5 Å². The summed E-state index contributed by atoms with van der Waals surface area (Å²) >= 11 is 3.32. The SMILES string of the molecule is O=C(NCc1cccc(Br)c1)[C@]1(O)CCN(c2ccc(F)cc2F)C1=O. The Labute approximate surface area is 156 Å². The van der Waals surface area contributed by atoms with Crippen LogP contribution in [0.3, 0.4) is 0 Å². The van der Waals surface area contributed by atoms with Crippen molar-refractivity contribution in [3.63, 3.8) is 0 Å². The Morgan fingerprint density at radius 3 is 2.73 bits per heavy atom. The number of hydrogen-bond acceptors (Lipinski definition) is 3. The maximum Gasteiger partial charge on any atom is 0.268 e. The standard InChI is InChI=1S/C18H15BrF2N2O3/c19-12-3-1-2-11(8-12)10-22-16(24)18(26)6-7-23(17(18)25)15-5-4-13(20)9-14(15)21/h1-5,8-9,26H,6-7,10H2,(H,22,24)/t18-/m1/s1. The summed E-state index contributed by atoms with van der Waals surface area (Å²) in [5, 5.41) is 13.1. The highest BCUT2D eigenvalue weighted by molar-refractivity contribution is 9.10. The number of anilines is 1. The van der Waals surface area contributed by atoms with Gasteiger partial charge in [-0.05, 0) is 29.8 Å². The van der Waals surface area contributed by atoms with Crippen LogP contribution in [0.15, 0.2) is 46.9 Å². The molecule has 5 nitrogen and oxygen atoms in total. The zero-order chi connectivity index (χ0) is 18.9. The Morgan fingerprint density at radius 1 is 1.27 bits per heavy atom. The molecule has 0 radical (unpaired) electrons. The molecule has 26 heavy (non-hydrogen) atoms. The summed E-state index contributed by atoms with van der Waals surface area (Å²) in [5.41, 5.74) is -1.68. The lowest BCUT2D eigenvalue weighted by Gasteiger charge is -2.22. The van der Waals surface area contributed by atoms with Crippen molar-refractivity contribution in [3.8, 4) is 0 Å². The molecule has 1 fully saturated rings. The molecule has 0 unspecified atom stereocenters. The highest BCUT2D eigenvalue weighted by atomic mass is 79.9. The summed E-state index contributed by atoms with van der Waals surface area (Å²) in [7, 11) is 0. The number of carbonyl (C=O) groups is 2. The van der Waals surface area contributed by atoms with Gasteiger partial charge in [-0.15, -0.1) is 0 Å². The molecule has 1 saturated heterocycles. The molecular formula is C18H15BrF2N2O3. The van der Waals surface area contributed by atoms with Crippen molar-refractivity contribution in [1.82, 2.24) is 5.32 Å². The van der Waals surface area contributed by atoms with Crippen LogP contribution in [0.2, 0.25) is 0 Å². The minimum Gasteiger partial charge on any atom is -0.372 e. The van der Waals surface area contributed by atoms with Crippen molar-refractivity contribution in [3.05, 3.63) is 64.1 Å². The molecule has 8 heteroatoms. The van der Waals surface area contributed by atoms with Gasteiger partial charge in [-0.3, -0.25) is 9.59 Å². The summed E-state index contributed by atoms with van der Waals surface area (Å²) in [4.78, 5) is 25.8. The summed E-state index contributed by atoms with van der Waals surface area (Å²) in [6.07, 6.45) is -0.188. The zero-order valence-electron chi connectivity index (χ0n) is 13.5. The molecule has 3 rings (SSSR count). The molecule has 0 spiro atoms. The van der Waals surface area contributed by atoms with Crippen molar-refractivity contribution >= 4 is 33.4 Å². The van der Waals surface area contributed by atoms with Gasteiger partial charge in [0.1, 0.15) is 11.6 Å². The van der Waals surface area contributed by atoms with E-state index in [0.29, 0.717) is 6.07 Å². The Kier molecular flexibility index (Phi) is 5.06. The van der Waals surface area contributed by atoms with Crippen molar-refractivity contribution in [2.45, 2.75) is 18.6 Å². The van der Waals surface area contributed by atoms with Crippen LogP contribution in [0.5, 0.6) is 0 Å². The molecular weight excluding hydrogens is 410 g/mol. The molecule has 0 bridgehead atoms. The summed E-state index contributed by atoms with van der Waals surface area (Å²) in [6, 6.07) is 9.96. The van der Waals surface area contributed by atoms with E-state index in [9.17, 15) is 23.5 Å². The third-order valence-electron chi connectivity index (χ3n) is 4.21. The lowest BCUT2D eigenvalue weighted by atomic mass is 10.0. The maximum absolute atomic E-state index is 13.9. The molecule has 2 amide bonds. The van der Waals surface area contributed by atoms with Crippen molar-refractivity contribution in [1.29, 1.82) is 0 Å². The third-order valence-corrected chi connectivity index (χ3v) is 4.71. The van der Waals surface area contributed by atoms with E-state index in [1.165, 1.54) is 0 Å². The molecule has 0 aromatic heterocycles. The van der Waals surface area contributed by atoms with Gasteiger partial charge >= 0.3 is 0 Å². The van der Waals surface area contributed by atoms with Gasteiger partial charge < -0.3 is 15.3 Å². The normalized spacial score (nSPS) is 19.7. The number of hydrogen-bond donors (Lipinski definition) is 2. The van der Waals surface area contributed by atoms with Crippen LogP contribution >= 0.6 is 15.9 Å². The van der Waals surface area contributed by atoms with Crippen molar-refractivity contribution in [2.75, 3.05) is 11.4 Å². The fraction of sp³-hybridized carbons (Fsp3) is 0.222. The predicted octanol–water partition coefficient (Wildman–Crippen LogP) is 2.51. The van der Waals surface area contributed by atoms with Crippen molar-refractivity contribution in [2.24, 2.45) is 0 Å². The van der Waals surface area contributed by atoms with E-state index in [0.717, 1.165) is 27.1 Å². The van der Waals surface area contributed by atoms with Crippen molar-refractivity contribution < 1.29 is 23.5 Å². The molecule has 0 saturated carbocycles. The quantitative estimate of drug-likeness (QED) is 0.740. The lowest BCUT2D eigenvalue weighted by Crippen LogP contribution is -2.52. The average molecular weight is 425 g/mol. The lowest BCUT2D eigenvalue weighted by molar-refractivity contribution is -0.149. The zero-order valence-corrected chi connectivity index (χ0v) is 15.1. The number of nitrogens with zero attached hydrogens (tertiary/aromatic N) is 1. The number of aliphatic hydroxyl groups is 1. The Morgan fingerprint density at radius 2 is 2.04 bits per heavy atom. The van der Waals surface area contributed by atoms with E-state index in [4.69, 9.17) is 0 Å².